The van der Waals surface area contributed by atoms with Crippen LogP contribution in [0.5, 0.6) is 0 Å². The normalized spacial score (nSPS) is 19.6. The van der Waals surface area contributed by atoms with Crippen molar-refractivity contribution < 1.29 is 9.90 Å². The second kappa shape index (κ2) is 5.69. The molecule has 1 aromatic carbocycles. The van der Waals surface area contributed by atoms with Crippen molar-refractivity contribution in [1.82, 2.24) is 9.88 Å². The first kappa shape index (κ1) is 13.8. The molecule has 0 spiro atoms. The van der Waals surface area contributed by atoms with Gasteiger partial charge in [0.1, 0.15) is 5.56 Å². The van der Waals surface area contributed by atoms with Crippen LogP contribution in [0.2, 0.25) is 0 Å². The highest BCUT2D eigenvalue weighted by Gasteiger charge is 2.21. The van der Waals surface area contributed by atoms with E-state index >= 15 is 0 Å². The molecular weight excluding hydrogens is 266 g/mol. The smallest absolute Gasteiger partial charge is 0.339 e. The molecule has 1 saturated heterocycles. The molecule has 110 valence electrons. The van der Waals surface area contributed by atoms with Crippen LogP contribution in [0.15, 0.2) is 30.5 Å². The summed E-state index contributed by atoms with van der Waals surface area (Å²) in [6.07, 6.45) is 3.62. The van der Waals surface area contributed by atoms with Crippen LogP contribution in [0.25, 0.3) is 10.9 Å². The Hall–Kier alpha value is -2.14. The number of aromatic carboxylic acids is 1. The van der Waals surface area contributed by atoms with Crippen molar-refractivity contribution >= 4 is 22.6 Å². The van der Waals surface area contributed by atoms with Crippen LogP contribution in [-0.2, 0) is 0 Å². The van der Waals surface area contributed by atoms with Gasteiger partial charge in [0.25, 0.3) is 0 Å². The van der Waals surface area contributed by atoms with Gasteiger partial charge in [-0.2, -0.15) is 0 Å². The van der Waals surface area contributed by atoms with Crippen LogP contribution in [0.4, 0.5) is 5.69 Å². The number of carboxylic acids is 1. The molecule has 5 heteroatoms. The summed E-state index contributed by atoms with van der Waals surface area (Å²) in [5.41, 5.74) is 1.74. The molecule has 2 heterocycles. The number of carbonyl (C=O) groups is 1. The zero-order chi connectivity index (χ0) is 14.8. The standard InChI is InChI=1S/C16H19N3O2/c1-19-8-4-5-11(10-19)18-15-12-6-2-3-7-14(12)17-9-13(15)16(20)21/h2-3,6-7,9,11H,4-5,8,10H2,1H3,(H,17,18)(H,20,21). The minimum Gasteiger partial charge on any atom is -0.478 e. The van der Waals surface area contributed by atoms with Crippen LogP contribution in [0.1, 0.15) is 23.2 Å². The highest BCUT2D eigenvalue weighted by Crippen LogP contribution is 2.27. The van der Waals surface area contributed by atoms with E-state index < -0.39 is 5.97 Å². The van der Waals surface area contributed by atoms with Crippen molar-refractivity contribution in [2.45, 2.75) is 18.9 Å². The summed E-state index contributed by atoms with van der Waals surface area (Å²) in [6, 6.07) is 7.91. The molecule has 21 heavy (non-hydrogen) atoms. The van der Waals surface area contributed by atoms with Gasteiger partial charge >= 0.3 is 5.97 Å². The molecule has 0 saturated carbocycles. The molecule has 1 aliphatic heterocycles. The molecule has 3 rings (SSSR count). The van der Waals surface area contributed by atoms with E-state index in [4.69, 9.17) is 0 Å². The summed E-state index contributed by atoms with van der Waals surface area (Å²) in [5, 5.41) is 13.7. The van der Waals surface area contributed by atoms with Crippen molar-refractivity contribution in [3.63, 3.8) is 0 Å². The topological polar surface area (TPSA) is 65.5 Å². The Morgan fingerprint density at radius 1 is 1.43 bits per heavy atom. The first-order valence-corrected chi connectivity index (χ1v) is 7.21. The third-order valence-corrected chi connectivity index (χ3v) is 3.98. The maximum atomic E-state index is 11.5. The number of fused-ring (bicyclic) bond motifs is 1. The number of aromatic nitrogens is 1. The number of piperidine rings is 1. The van der Waals surface area contributed by atoms with E-state index in [0.717, 1.165) is 36.8 Å². The number of para-hydroxylation sites is 1. The summed E-state index contributed by atoms with van der Waals surface area (Å²) >= 11 is 0. The number of hydrogen-bond acceptors (Lipinski definition) is 4. The Morgan fingerprint density at radius 2 is 2.24 bits per heavy atom. The quantitative estimate of drug-likeness (QED) is 0.906. The molecular formula is C16H19N3O2. The average molecular weight is 285 g/mol. The van der Waals surface area contributed by atoms with Crippen molar-refractivity contribution in [3.05, 3.63) is 36.0 Å². The molecule has 1 fully saturated rings. The van der Waals surface area contributed by atoms with Crippen LogP contribution in [0.3, 0.4) is 0 Å². The van der Waals surface area contributed by atoms with Gasteiger partial charge in [0.05, 0.1) is 11.2 Å². The summed E-state index contributed by atoms with van der Waals surface area (Å²) in [5.74, 6) is -0.945. The molecule has 1 aromatic heterocycles. The first-order valence-electron chi connectivity index (χ1n) is 7.21. The molecule has 5 nitrogen and oxygen atoms in total. The van der Waals surface area contributed by atoms with E-state index in [2.05, 4.69) is 22.2 Å². The zero-order valence-electron chi connectivity index (χ0n) is 12.0. The fourth-order valence-corrected chi connectivity index (χ4v) is 2.95. The summed E-state index contributed by atoms with van der Waals surface area (Å²) in [7, 11) is 2.09. The van der Waals surface area contributed by atoms with Crippen LogP contribution >= 0.6 is 0 Å². The Balaban J connectivity index is 2.01. The predicted molar refractivity (Wildman–Crippen MR) is 82.8 cm³/mol. The van der Waals surface area contributed by atoms with E-state index in [1.165, 1.54) is 6.20 Å². The third-order valence-electron chi connectivity index (χ3n) is 3.98. The Bertz CT molecular complexity index is 672. The van der Waals surface area contributed by atoms with Crippen LogP contribution in [-0.4, -0.2) is 47.1 Å². The number of benzene rings is 1. The zero-order valence-corrected chi connectivity index (χ0v) is 12.0. The number of carboxylic acid groups (broad SMARTS) is 1. The Labute approximate surface area is 123 Å². The highest BCUT2D eigenvalue weighted by atomic mass is 16.4. The monoisotopic (exact) mass is 285 g/mol. The molecule has 1 atom stereocenters. The lowest BCUT2D eigenvalue weighted by atomic mass is 10.0. The molecule has 0 radical (unpaired) electrons. The van der Waals surface area contributed by atoms with Crippen molar-refractivity contribution in [3.8, 4) is 0 Å². The van der Waals surface area contributed by atoms with Gasteiger partial charge < -0.3 is 15.3 Å². The van der Waals surface area contributed by atoms with E-state index in [1.54, 1.807) is 0 Å². The fourth-order valence-electron chi connectivity index (χ4n) is 2.95. The van der Waals surface area contributed by atoms with Crippen LogP contribution in [0, 0.1) is 0 Å². The number of nitrogens with one attached hydrogen (secondary N) is 1. The SMILES string of the molecule is CN1CCCC(Nc2c(C(=O)O)cnc3ccccc23)C1. The van der Waals surface area contributed by atoms with Crippen molar-refractivity contribution in [2.24, 2.45) is 0 Å². The highest BCUT2D eigenvalue weighted by molar-refractivity contribution is 6.04. The minimum absolute atomic E-state index is 0.238. The van der Waals surface area contributed by atoms with Gasteiger partial charge in [0.15, 0.2) is 0 Å². The van der Waals surface area contributed by atoms with Gasteiger partial charge in [0.2, 0.25) is 0 Å². The van der Waals surface area contributed by atoms with Gasteiger partial charge in [-0.1, -0.05) is 18.2 Å². The number of likely N-dealkylation sites (N-methyl/N-ethyl adjacent to an activating group) is 1. The fraction of sp³-hybridized carbons (Fsp3) is 0.375. The summed E-state index contributed by atoms with van der Waals surface area (Å²) in [4.78, 5) is 18.0. The molecule has 2 aromatic rings. The van der Waals surface area contributed by atoms with E-state index in [9.17, 15) is 9.90 Å². The van der Waals surface area contributed by atoms with Gasteiger partial charge in [-0.25, -0.2) is 4.79 Å². The molecule has 0 bridgehead atoms. The molecule has 0 amide bonds. The lowest BCUT2D eigenvalue weighted by Gasteiger charge is -2.31. The Morgan fingerprint density at radius 3 is 3.00 bits per heavy atom. The lowest BCUT2D eigenvalue weighted by Crippen LogP contribution is -2.40. The first-order chi connectivity index (χ1) is 10.1. The Kier molecular flexibility index (Phi) is 3.75. The summed E-state index contributed by atoms with van der Waals surface area (Å²) < 4.78 is 0. The lowest BCUT2D eigenvalue weighted by molar-refractivity contribution is 0.0697. The second-order valence-corrected chi connectivity index (χ2v) is 5.61. The number of anilines is 1. The molecule has 1 unspecified atom stereocenters. The molecule has 2 N–H and O–H groups in total. The van der Waals surface area contributed by atoms with E-state index in [0.29, 0.717) is 5.69 Å². The van der Waals surface area contributed by atoms with Gasteiger partial charge in [-0.15, -0.1) is 0 Å². The second-order valence-electron chi connectivity index (χ2n) is 5.61. The van der Waals surface area contributed by atoms with Crippen LogP contribution < -0.4 is 5.32 Å². The number of likely N-dealkylation sites (tertiary alicyclic amines) is 1. The van der Waals surface area contributed by atoms with Crippen molar-refractivity contribution in [1.29, 1.82) is 0 Å². The number of nitrogens with zero attached hydrogens (tertiary/aromatic N) is 2. The van der Waals surface area contributed by atoms with E-state index in [1.807, 2.05) is 24.3 Å². The average Bonchev–Trinajstić information content (AvgIpc) is 2.47. The minimum atomic E-state index is -0.945. The van der Waals surface area contributed by atoms with E-state index in [-0.39, 0.29) is 11.6 Å². The van der Waals surface area contributed by atoms with Gasteiger partial charge in [-0.05, 0) is 32.5 Å². The molecule has 0 aliphatic carbocycles. The predicted octanol–water partition coefficient (Wildman–Crippen LogP) is 2.44. The summed E-state index contributed by atoms with van der Waals surface area (Å²) in [6.45, 7) is 2.02. The molecule has 1 aliphatic rings. The largest absolute Gasteiger partial charge is 0.478 e. The number of hydrogen-bond donors (Lipinski definition) is 2. The maximum absolute atomic E-state index is 11.5. The third kappa shape index (κ3) is 2.83. The number of rotatable bonds is 3. The maximum Gasteiger partial charge on any atom is 0.339 e. The van der Waals surface area contributed by atoms with Crippen molar-refractivity contribution in [2.75, 3.05) is 25.5 Å². The van der Waals surface area contributed by atoms with Gasteiger partial charge in [0, 0.05) is 24.2 Å². The number of pyridine rings is 1. The van der Waals surface area contributed by atoms with Gasteiger partial charge in [-0.3, -0.25) is 4.98 Å².